The number of nitrogens with zero attached hydrogens (tertiary/aromatic N) is 4. The molecule has 0 bridgehead atoms. The van der Waals surface area contributed by atoms with Gasteiger partial charge in [-0.15, -0.1) is 0 Å². The Labute approximate surface area is 126 Å². The lowest BCUT2D eigenvalue weighted by Gasteiger charge is -2.39. The van der Waals surface area contributed by atoms with Crippen molar-refractivity contribution < 1.29 is 4.79 Å². The van der Waals surface area contributed by atoms with Crippen molar-refractivity contribution in [2.45, 2.75) is 6.04 Å². The summed E-state index contributed by atoms with van der Waals surface area (Å²) in [5.41, 5.74) is 2.27. The maximum absolute atomic E-state index is 12.5. The van der Waals surface area contributed by atoms with E-state index in [-0.39, 0.29) is 11.9 Å². The second-order valence-corrected chi connectivity index (χ2v) is 5.46. The fourth-order valence-corrected chi connectivity index (χ4v) is 2.75. The number of nitriles is 1. The van der Waals surface area contributed by atoms with Crippen LogP contribution in [0.2, 0.25) is 0 Å². The van der Waals surface area contributed by atoms with Crippen molar-refractivity contribution in [2.24, 2.45) is 0 Å². The highest BCUT2D eigenvalue weighted by Crippen LogP contribution is 2.24. The van der Waals surface area contributed by atoms with Gasteiger partial charge in [0.2, 0.25) is 0 Å². The first kappa shape index (κ1) is 12.7. The molecule has 3 heterocycles. The van der Waals surface area contributed by atoms with Crippen LogP contribution in [0.1, 0.15) is 22.0 Å². The van der Waals surface area contributed by atoms with Crippen LogP contribution < -0.4 is 0 Å². The maximum atomic E-state index is 12.5. The Kier molecular flexibility index (Phi) is 2.73. The van der Waals surface area contributed by atoms with E-state index in [0.717, 1.165) is 10.9 Å². The molecule has 22 heavy (non-hydrogen) atoms. The first-order valence-corrected chi connectivity index (χ1v) is 7.05. The van der Waals surface area contributed by atoms with Crippen molar-refractivity contribution in [2.75, 3.05) is 13.1 Å². The quantitative estimate of drug-likeness (QED) is 0.783. The van der Waals surface area contributed by atoms with Crippen molar-refractivity contribution >= 4 is 16.8 Å². The molecule has 0 radical (unpaired) electrons. The van der Waals surface area contributed by atoms with Gasteiger partial charge in [0.05, 0.1) is 17.8 Å². The fourth-order valence-electron chi connectivity index (χ4n) is 2.75. The summed E-state index contributed by atoms with van der Waals surface area (Å²) in [5, 5.41) is 14.0. The first-order valence-electron chi connectivity index (χ1n) is 7.05. The summed E-state index contributed by atoms with van der Waals surface area (Å²) >= 11 is 0. The number of amides is 1. The molecule has 2 aromatic heterocycles. The number of rotatable bonds is 2. The van der Waals surface area contributed by atoms with E-state index < -0.39 is 0 Å². The molecule has 1 aromatic carbocycles. The average molecular weight is 291 g/mol. The molecule has 4 rings (SSSR count). The van der Waals surface area contributed by atoms with E-state index in [2.05, 4.69) is 16.2 Å². The van der Waals surface area contributed by atoms with Gasteiger partial charge in [-0.25, -0.2) is 0 Å². The second kappa shape index (κ2) is 4.74. The Morgan fingerprint density at radius 2 is 2.23 bits per heavy atom. The molecule has 1 aliphatic heterocycles. The normalized spacial score (nSPS) is 14.8. The Morgan fingerprint density at radius 1 is 1.36 bits per heavy atom. The number of nitrogens with one attached hydrogen (secondary N) is 1. The number of hydrogen-bond donors (Lipinski definition) is 1. The van der Waals surface area contributed by atoms with E-state index in [0.29, 0.717) is 24.2 Å². The number of fused-ring (bicyclic) bond motifs is 1. The first-order chi connectivity index (χ1) is 10.7. The van der Waals surface area contributed by atoms with Gasteiger partial charge in [-0.3, -0.25) is 9.48 Å². The smallest absolute Gasteiger partial charge is 0.254 e. The largest absolute Gasteiger partial charge is 0.361 e. The molecule has 0 aliphatic carbocycles. The molecule has 1 saturated heterocycles. The summed E-state index contributed by atoms with van der Waals surface area (Å²) in [4.78, 5) is 17.4. The Hall–Kier alpha value is -3.07. The molecule has 6 heteroatoms. The van der Waals surface area contributed by atoms with Crippen molar-refractivity contribution in [3.8, 4) is 6.07 Å². The average Bonchev–Trinajstić information content (AvgIpc) is 3.13. The summed E-state index contributed by atoms with van der Waals surface area (Å²) in [6, 6.07) is 9.84. The molecule has 1 N–H and O–H groups in total. The molecule has 0 unspecified atom stereocenters. The van der Waals surface area contributed by atoms with E-state index in [4.69, 9.17) is 5.26 Å². The number of H-pyrrole nitrogens is 1. The van der Waals surface area contributed by atoms with E-state index >= 15 is 0 Å². The molecular weight excluding hydrogens is 278 g/mol. The van der Waals surface area contributed by atoms with Gasteiger partial charge in [0.25, 0.3) is 5.91 Å². The van der Waals surface area contributed by atoms with Gasteiger partial charge in [0.1, 0.15) is 6.07 Å². The van der Waals surface area contributed by atoms with Gasteiger partial charge in [0.15, 0.2) is 0 Å². The number of likely N-dealkylation sites (tertiary alicyclic amines) is 1. The molecule has 6 nitrogen and oxygen atoms in total. The van der Waals surface area contributed by atoms with Crippen molar-refractivity contribution in [1.82, 2.24) is 19.7 Å². The lowest BCUT2D eigenvalue weighted by Crippen LogP contribution is -2.50. The lowest BCUT2D eigenvalue weighted by molar-refractivity contribution is 0.0502. The topological polar surface area (TPSA) is 77.7 Å². The highest BCUT2D eigenvalue weighted by atomic mass is 16.2. The summed E-state index contributed by atoms with van der Waals surface area (Å²) in [5.74, 6) is 0.0343. The zero-order valence-electron chi connectivity index (χ0n) is 11.7. The van der Waals surface area contributed by atoms with Crippen molar-refractivity contribution in [1.29, 1.82) is 5.26 Å². The molecule has 0 atom stereocenters. The molecule has 108 valence electrons. The van der Waals surface area contributed by atoms with Gasteiger partial charge >= 0.3 is 0 Å². The Balaban J connectivity index is 1.47. The highest BCUT2D eigenvalue weighted by molar-refractivity contribution is 5.98. The molecule has 1 aliphatic rings. The third-order valence-electron chi connectivity index (χ3n) is 4.05. The summed E-state index contributed by atoms with van der Waals surface area (Å²) in [6.45, 7) is 1.24. The summed E-state index contributed by atoms with van der Waals surface area (Å²) < 4.78 is 1.76. The van der Waals surface area contributed by atoms with Crippen LogP contribution in [-0.2, 0) is 0 Å². The van der Waals surface area contributed by atoms with E-state index in [1.807, 2.05) is 30.5 Å². The highest BCUT2D eigenvalue weighted by Gasteiger charge is 2.33. The molecular formula is C16H13N5O. The van der Waals surface area contributed by atoms with Gasteiger partial charge in [-0.1, -0.05) is 0 Å². The Bertz CT molecular complexity index is 895. The van der Waals surface area contributed by atoms with Crippen LogP contribution in [0.3, 0.4) is 0 Å². The summed E-state index contributed by atoms with van der Waals surface area (Å²) in [6.07, 6.45) is 5.13. The number of carbonyl (C=O) groups excluding carboxylic acids is 1. The standard InChI is InChI=1S/C16H13N5O/c17-6-11-7-19-21(8-11)14-9-20(10-14)16(22)13-1-2-15-12(5-13)3-4-18-15/h1-5,7-8,14,18H,9-10H2. The van der Waals surface area contributed by atoms with E-state index in [9.17, 15) is 4.79 Å². The van der Waals surface area contributed by atoms with Gasteiger partial charge < -0.3 is 9.88 Å². The van der Waals surface area contributed by atoms with Crippen LogP contribution in [0.5, 0.6) is 0 Å². The number of benzene rings is 1. The van der Waals surface area contributed by atoms with Crippen LogP contribution in [0.4, 0.5) is 0 Å². The third kappa shape index (κ3) is 1.95. The Morgan fingerprint density at radius 3 is 3.00 bits per heavy atom. The van der Waals surface area contributed by atoms with Crippen molar-refractivity contribution in [3.05, 3.63) is 54.0 Å². The van der Waals surface area contributed by atoms with Crippen LogP contribution in [0.25, 0.3) is 10.9 Å². The molecule has 3 aromatic rings. The van der Waals surface area contributed by atoms with Gasteiger partial charge in [-0.2, -0.15) is 10.4 Å². The number of carbonyl (C=O) groups is 1. The SMILES string of the molecule is N#Cc1cnn(C2CN(C(=O)c3ccc4[nH]ccc4c3)C2)c1. The van der Waals surface area contributed by atoms with Crippen LogP contribution in [0.15, 0.2) is 42.9 Å². The minimum absolute atomic E-state index is 0.0343. The van der Waals surface area contributed by atoms with Crippen LogP contribution >= 0.6 is 0 Å². The predicted octanol–water partition coefficient (Wildman–Crippen LogP) is 1.93. The minimum atomic E-state index is 0.0343. The molecule has 1 fully saturated rings. The fraction of sp³-hybridized carbons (Fsp3) is 0.188. The second-order valence-electron chi connectivity index (χ2n) is 5.46. The zero-order valence-corrected chi connectivity index (χ0v) is 11.7. The predicted molar refractivity (Wildman–Crippen MR) is 80.2 cm³/mol. The van der Waals surface area contributed by atoms with E-state index in [1.165, 1.54) is 0 Å². The van der Waals surface area contributed by atoms with Crippen molar-refractivity contribution in [3.63, 3.8) is 0 Å². The molecule has 0 spiro atoms. The monoisotopic (exact) mass is 291 g/mol. The number of aromatic amines is 1. The maximum Gasteiger partial charge on any atom is 0.254 e. The van der Waals surface area contributed by atoms with Gasteiger partial charge in [0, 0.05) is 41.9 Å². The number of hydrogen-bond acceptors (Lipinski definition) is 3. The third-order valence-corrected chi connectivity index (χ3v) is 4.05. The van der Waals surface area contributed by atoms with Crippen LogP contribution in [-0.4, -0.2) is 38.7 Å². The van der Waals surface area contributed by atoms with Gasteiger partial charge in [-0.05, 0) is 24.3 Å². The minimum Gasteiger partial charge on any atom is -0.361 e. The van der Waals surface area contributed by atoms with E-state index in [1.54, 1.807) is 22.0 Å². The lowest BCUT2D eigenvalue weighted by atomic mass is 10.1. The summed E-state index contributed by atoms with van der Waals surface area (Å²) in [7, 11) is 0. The number of aromatic nitrogens is 3. The molecule has 1 amide bonds. The zero-order chi connectivity index (χ0) is 15.1. The van der Waals surface area contributed by atoms with Crippen LogP contribution in [0, 0.1) is 11.3 Å². The molecule has 0 saturated carbocycles.